The molecule has 0 aliphatic rings. The van der Waals surface area contributed by atoms with Crippen LogP contribution in [0.25, 0.3) is 0 Å². The Bertz CT molecular complexity index is 532. The number of amides is 2. The molecule has 1 aromatic carbocycles. The molecule has 0 aliphatic heterocycles. The number of hydrogen-bond donors (Lipinski definition) is 2. The molecular weight excluding hydrogens is 308 g/mol. The van der Waals surface area contributed by atoms with Crippen molar-refractivity contribution in [2.24, 2.45) is 0 Å². The van der Waals surface area contributed by atoms with Gasteiger partial charge in [0.15, 0.2) is 0 Å². The summed E-state index contributed by atoms with van der Waals surface area (Å²) in [5.41, 5.74) is 0.400. The van der Waals surface area contributed by atoms with Gasteiger partial charge in [-0.05, 0) is 18.6 Å². The van der Waals surface area contributed by atoms with Gasteiger partial charge in [-0.1, -0.05) is 39.0 Å². The van der Waals surface area contributed by atoms with E-state index >= 15 is 0 Å². The first-order chi connectivity index (χ1) is 11.6. The fraction of sp³-hybridized carbons (Fsp3) is 0.556. The van der Waals surface area contributed by atoms with Gasteiger partial charge >= 0.3 is 11.8 Å². The zero-order valence-electron chi connectivity index (χ0n) is 14.8. The summed E-state index contributed by atoms with van der Waals surface area (Å²) in [5.74, 6) is -0.326. The molecule has 0 spiro atoms. The Morgan fingerprint density at radius 1 is 0.958 bits per heavy atom. The van der Waals surface area contributed by atoms with E-state index in [-0.39, 0.29) is 0 Å². The molecule has 24 heavy (non-hydrogen) atoms. The molecule has 2 N–H and O–H groups in total. The van der Waals surface area contributed by atoms with Crippen molar-refractivity contribution in [2.75, 3.05) is 26.1 Å². The van der Waals surface area contributed by atoms with Gasteiger partial charge in [-0.2, -0.15) is 0 Å². The van der Waals surface area contributed by atoms with Crippen molar-refractivity contribution < 1.29 is 19.1 Å². The molecule has 0 saturated carbocycles. The third-order valence-electron chi connectivity index (χ3n) is 3.68. The summed E-state index contributed by atoms with van der Waals surface area (Å²) in [4.78, 5) is 23.8. The SMILES string of the molecule is CCCCCCCCNC(=O)C(=O)Nc1cc(OC)ccc1OC. The van der Waals surface area contributed by atoms with E-state index in [1.165, 1.54) is 33.5 Å². The number of ether oxygens (including phenoxy) is 2. The lowest BCUT2D eigenvalue weighted by atomic mass is 10.1. The summed E-state index contributed by atoms with van der Waals surface area (Å²) >= 11 is 0. The molecule has 0 unspecified atom stereocenters. The Balaban J connectivity index is 2.40. The van der Waals surface area contributed by atoms with Crippen molar-refractivity contribution in [2.45, 2.75) is 45.4 Å². The van der Waals surface area contributed by atoms with Crippen LogP contribution in [0.15, 0.2) is 18.2 Å². The van der Waals surface area contributed by atoms with Crippen molar-refractivity contribution in [1.29, 1.82) is 0 Å². The molecule has 0 fully saturated rings. The molecule has 0 radical (unpaired) electrons. The van der Waals surface area contributed by atoms with Crippen LogP contribution in [0.4, 0.5) is 5.69 Å². The molecule has 6 heteroatoms. The molecule has 0 atom stereocenters. The Morgan fingerprint density at radius 3 is 2.33 bits per heavy atom. The first kappa shape index (κ1) is 19.8. The maximum atomic E-state index is 12.0. The Hall–Kier alpha value is -2.24. The lowest BCUT2D eigenvalue weighted by molar-refractivity contribution is -0.136. The van der Waals surface area contributed by atoms with E-state index in [9.17, 15) is 9.59 Å². The van der Waals surface area contributed by atoms with Crippen LogP contribution in [0, 0.1) is 0 Å². The highest BCUT2D eigenvalue weighted by Crippen LogP contribution is 2.28. The molecule has 1 rings (SSSR count). The number of unbranched alkanes of at least 4 members (excludes halogenated alkanes) is 5. The highest BCUT2D eigenvalue weighted by atomic mass is 16.5. The van der Waals surface area contributed by atoms with Crippen LogP contribution >= 0.6 is 0 Å². The van der Waals surface area contributed by atoms with Crippen molar-refractivity contribution in [3.05, 3.63) is 18.2 Å². The number of hydrogen-bond acceptors (Lipinski definition) is 4. The number of carbonyl (C=O) groups excluding carboxylic acids is 2. The predicted octanol–water partition coefficient (Wildman–Crippen LogP) is 3.12. The van der Waals surface area contributed by atoms with Crippen LogP contribution < -0.4 is 20.1 Å². The monoisotopic (exact) mass is 336 g/mol. The summed E-state index contributed by atoms with van der Waals surface area (Å²) in [5, 5.41) is 5.19. The van der Waals surface area contributed by atoms with Crippen LogP contribution in [0.1, 0.15) is 45.4 Å². The minimum absolute atomic E-state index is 0.400. The van der Waals surface area contributed by atoms with Crippen molar-refractivity contribution in [3.63, 3.8) is 0 Å². The summed E-state index contributed by atoms with van der Waals surface area (Å²) < 4.78 is 10.3. The summed E-state index contributed by atoms with van der Waals surface area (Å²) in [6.07, 6.45) is 6.79. The van der Waals surface area contributed by atoms with Gasteiger partial charge in [-0.15, -0.1) is 0 Å². The quantitative estimate of drug-likeness (QED) is 0.508. The minimum Gasteiger partial charge on any atom is -0.497 e. The second-order valence-electron chi connectivity index (χ2n) is 5.54. The number of rotatable bonds is 10. The summed E-state index contributed by atoms with van der Waals surface area (Å²) in [6.45, 7) is 2.68. The number of nitrogens with one attached hydrogen (secondary N) is 2. The topological polar surface area (TPSA) is 76.7 Å². The van der Waals surface area contributed by atoms with Crippen LogP contribution in [0.2, 0.25) is 0 Å². The third-order valence-corrected chi connectivity index (χ3v) is 3.68. The molecule has 134 valence electrons. The molecule has 1 aromatic rings. The van der Waals surface area contributed by atoms with E-state index in [1.807, 2.05) is 0 Å². The molecular formula is C18H28N2O4. The molecule has 0 bridgehead atoms. The number of anilines is 1. The van der Waals surface area contributed by atoms with E-state index in [0.29, 0.717) is 23.7 Å². The third kappa shape index (κ3) is 6.89. The van der Waals surface area contributed by atoms with Gasteiger partial charge < -0.3 is 20.1 Å². The zero-order valence-corrected chi connectivity index (χ0v) is 14.8. The maximum absolute atomic E-state index is 12.0. The lowest BCUT2D eigenvalue weighted by Crippen LogP contribution is -2.36. The minimum atomic E-state index is -0.715. The second-order valence-corrected chi connectivity index (χ2v) is 5.54. The van der Waals surface area contributed by atoms with E-state index in [0.717, 1.165) is 19.3 Å². The van der Waals surface area contributed by atoms with Gasteiger partial charge in [0.2, 0.25) is 0 Å². The van der Waals surface area contributed by atoms with Crippen molar-refractivity contribution in [3.8, 4) is 11.5 Å². The normalized spacial score (nSPS) is 10.1. The van der Waals surface area contributed by atoms with E-state index in [4.69, 9.17) is 9.47 Å². The van der Waals surface area contributed by atoms with E-state index in [2.05, 4.69) is 17.6 Å². The lowest BCUT2D eigenvalue weighted by Gasteiger charge is -2.11. The van der Waals surface area contributed by atoms with Gasteiger partial charge in [-0.3, -0.25) is 9.59 Å². The van der Waals surface area contributed by atoms with Crippen LogP contribution in [-0.2, 0) is 9.59 Å². The smallest absolute Gasteiger partial charge is 0.313 e. The Morgan fingerprint density at radius 2 is 1.67 bits per heavy atom. The highest BCUT2D eigenvalue weighted by Gasteiger charge is 2.15. The van der Waals surface area contributed by atoms with Crippen molar-refractivity contribution >= 4 is 17.5 Å². The van der Waals surface area contributed by atoms with Gasteiger partial charge in [0.05, 0.1) is 19.9 Å². The molecule has 0 heterocycles. The average Bonchev–Trinajstić information content (AvgIpc) is 2.60. The molecule has 0 aromatic heterocycles. The number of methoxy groups -OCH3 is 2. The van der Waals surface area contributed by atoms with Gasteiger partial charge in [0.1, 0.15) is 11.5 Å². The Labute approximate surface area is 143 Å². The fourth-order valence-corrected chi connectivity index (χ4v) is 2.28. The fourth-order valence-electron chi connectivity index (χ4n) is 2.28. The summed E-state index contributed by atoms with van der Waals surface area (Å²) in [6, 6.07) is 4.99. The maximum Gasteiger partial charge on any atom is 0.313 e. The summed E-state index contributed by atoms with van der Waals surface area (Å²) in [7, 11) is 3.02. The predicted molar refractivity (Wildman–Crippen MR) is 94.6 cm³/mol. The molecule has 0 aliphatic carbocycles. The van der Waals surface area contributed by atoms with Gasteiger partial charge in [0.25, 0.3) is 0 Å². The highest BCUT2D eigenvalue weighted by molar-refractivity contribution is 6.39. The van der Waals surface area contributed by atoms with Gasteiger partial charge in [-0.25, -0.2) is 0 Å². The second kappa shape index (κ2) is 11.3. The van der Waals surface area contributed by atoms with Gasteiger partial charge in [0, 0.05) is 12.6 Å². The van der Waals surface area contributed by atoms with Crippen LogP contribution in [0.3, 0.4) is 0 Å². The zero-order chi connectivity index (χ0) is 17.8. The average molecular weight is 336 g/mol. The van der Waals surface area contributed by atoms with Crippen molar-refractivity contribution in [1.82, 2.24) is 5.32 Å². The molecule has 2 amide bonds. The molecule has 0 saturated heterocycles. The number of carbonyl (C=O) groups is 2. The Kier molecular flexibility index (Phi) is 9.34. The number of benzene rings is 1. The van der Waals surface area contributed by atoms with E-state index in [1.54, 1.807) is 18.2 Å². The van der Waals surface area contributed by atoms with Crippen LogP contribution in [-0.4, -0.2) is 32.6 Å². The first-order valence-electron chi connectivity index (χ1n) is 8.43. The standard InChI is InChI=1S/C18H28N2O4/c1-4-5-6-7-8-9-12-19-17(21)18(22)20-15-13-14(23-2)10-11-16(15)24-3/h10-11,13H,4-9,12H2,1-3H3,(H,19,21)(H,20,22). The largest absolute Gasteiger partial charge is 0.497 e. The van der Waals surface area contributed by atoms with Crippen LogP contribution in [0.5, 0.6) is 11.5 Å². The first-order valence-corrected chi connectivity index (χ1v) is 8.43. The van der Waals surface area contributed by atoms with E-state index < -0.39 is 11.8 Å². The molecule has 6 nitrogen and oxygen atoms in total.